The number of rotatable bonds is 7. The van der Waals surface area contributed by atoms with E-state index in [1.807, 2.05) is 19.1 Å². The first-order valence-electron chi connectivity index (χ1n) is 10.4. The molecule has 4 heterocycles. The number of ether oxygens (including phenoxy) is 1. The molecule has 3 aromatic rings. The first-order valence-corrected chi connectivity index (χ1v) is 10.4. The summed E-state index contributed by atoms with van der Waals surface area (Å²) in [4.78, 5) is 15.9. The second kappa shape index (κ2) is 9.65. The molecule has 0 atom stereocenters. The molecule has 1 aliphatic heterocycles. The Morgan fingerprint density at radius 1 is 1.16 bits per heavy atom. The largest absolute Gasteiger partial charge is 0.411 e. The number of aryl methyl sites for hydroxylation is 1. The zero-order chi connectivity index (χ0) is 22.6. The number of fused-ring (bicyclic) bond motifs is 1. The number of pyridine rings is 1. The molecule has 0 amide bonds. The Bertz CT molecular complexity index is 1030. The van der Waals surface area contributed by atoms with Gasteiger partial charge >= 0.3 is 6.18 Å². The maximum atomic E-state index is 12.4. The van der Waals surface area contributed by atoms with E-state index >= 15 is 0 Å². The van der Waals surface area contributed by atoms with Crippen LogP contribution in [0.15, 0.2) is 24.5 Å². The van der Waals surface area contributed by atoms with Crippen LogP contribution >= 0.6 is 0 Å². The SMILES string of the molecule is Cc1ccc(Nc2nc(N3CCCNCC3)nc3cnn(CCOCC(F)(F)F)c23)nc1. The normalized spacial score (nSPS) is 15.2. The summed E-state index contributed by atoms with van der Waals surface area (Å²) in [5, 5.41) is 10.9. The van der Waals surface area contributed by atoms with Gasteiger partial charge in [0.15, 0.2) is 5.82 Å². The van der Waals surface area contributed by atoms with Gasteiger partial charge in [0.2, 0.25) is 5.95 Å². The Morgan fingerprint density at radius 3 is 2.81 bits per heavy atom. The Hall–Kier alpha value is -2.99. The summed E-state index contributed by atoms with van der Waals surface area (Å²) >= 11 is 0. The summed E-state index contributed by atoms with van der Waals surface area (Å²) < 4.78 is 43.4. The van der Waals surface area contributed by atoms with E-state index < -0.39 is 12.8 Å². The van der Waals surface area contributed by atoms with Crippen molar-refractivity contribution in [1.29, 1.82) is 0 Å². The fourth-order valence-corrected chi connectivity index (χ4v) is 3.43. The molecule has 0 radical (unpaired) electrons. The van der Waals surface area contributed by atoms with E-state index in [1.54, 1.807) is 17.1 Å². The molecular formula is C20H25F3N8O. The van der Waals surface area contributed by atoms with Crippen molar-refractivity contribution in [3.05, 3.63) is 30.1 Å². The third-order valence-electron chi connectivity index (χ3n) is 4.97. The minimum absolute atomic E-state index is 0.131. The highest BCUT2D eigenvalue weighted by atomic mass is 19.4. The van der Waals surface area contributed by atoms with Crippen molar-refractivity contribution in [1.82, 2.24) is 30.0 Å². The summed E-state index contributed by atoms with van der Waals surface area (Å²) in [7, 11) is 0. The van der Waals surface area contributed by atoms with Crippen molar-refractivity contribution in [2.45, 2.75) is 26.1 Å². The zero-order valence-corrected chi connectivity index (χ0v) is 17.7. The molecule has 4 rings (SSSR count). The van der Waals surface area contributed by atoms with E-state index in [2.05, 4.69) is 30.6 Å². The second-order valence-corrected chi connectivity index (χ2v) is 7.58. The molecule has 1 fully saturated rings. The lowest BCUT2D eigenvalue weighted by molar-refractivity contribution is -0.174. The van der Waals surface area contributed by atoms with Crippen LogP contribution in [0, 0.1) is 6.92 Å². The van der Waals surface area contributed by atoms with Crippen LogP contribution in [0.5, 0.6) is 0 Å². The van der Waals surface area contributed by atoms with Crippen LogP contribution in [0.3, 0.4) is 0 Å². The van der Waals surface area contributed by atoms with Gasteiger partial charge in [0.1, 0.15) is 23.5 Å². The second-order valence-electron chi connectivity index (χ2n) is 7.58. The first-order chi connectivity index (χ1) is 15.4. The first kappa shape index (κ1) is 22.2. The quantitative estimate of drug-likeness (QED) is 0.531. The van der Waals surface area contributed by atoms with E-state index in [4.69, 9.17) is 9.72 Å². The third-order valence-corrected chi connectivity index (χ3v) is 4.97. The zero-order valence-electron chi connectivity index (χ0n) is 17.7. The molecule has 32 heavy (non-hydrogen) atoms. The van der Waals surface area contributed by atoms with Crippen molar-refractivity contribution in [2.24, 2.45) is 0 Å². The average Bonchev–Trinajstić information content (AvgIpc) is 2.97. The van der Waals surface area contributed by atoms with Crippen molar-refractivity contribution in [3.63, 3.8) is 0 Å². The minimum atomic E-state index is -4.37. The van der Waals surface area contributed by atoms with Crippen LogP contribution in [0.2, 0.25) is 0 Å². The number of halogens is 3. The fourth-order valence-electron chi connectivity index (χ4n) is 3.43. The number of alkyl halides is 3. The van der Waals surface area contributed by atoms with Gasteiger partial charge in [-0.15, -0.1) is 0 Å². The van der Waals surface area contributed by atoms with E-state index in [9.17, 15) is 13.2 Å². The lowest BCUT2D eigenvalue weighted by Gasteiger charge is -2.21. The molecule has 1 aliphatic rings. The van der Waals surface area contributed by atoms with Crippen molar-refractivity contribution in [2.75, 3.05) is 49.6 Å². The third kappa shape index (κ3) is 5.62. The van der Waals surface area contributed by atoms with Crippen molar-refractivity contribution < 1.29 is 17.9 Å². The van der Waals surface area contributed by atoms with E-state index in [-0.39, 0.29) is 13.2 Å². The topological polar surface area (TPSA) is 93.0 Å². The predicted molar refractivity (Wildman–Crippen MR) is 114 cm³/mol. The monoisotopic (exact) mass is 450 g/mol. The van der Waals surface area contributed by atoms with Gasteiger partial charge in [-0.2, -0.15) is 23.3 Å². The van der Waals surface area contributed by atoms with E-state index in [1.165, 1.54) is 0 Å². The maximum Gasteiger partial charge on any atom is 0.411 e. The molecule has 0 bridgehead atoms. The molecular weight excluding hydrogens is 425 g/mol. The van der Waals surface area contributed by atoms with Crippen LogP contribution in [-0.4, -0.2) is 70.3 Å². The smallest absolute Gasteiger partial charge is 0.370 e. The van der Waals surface area contributed by atoms with Gasteiger partial charge < -0.3 is 20.3 Å². The van der Waals surface area contributed by atoms with Gasteiger partial charge in [-0.1, -0.05) is 6.07 Å². The summed E-state index contributed by atoms with van der Waals surface area (Å²) in [6.07, 6.45) is -0.0615. The van der Waals surface area contributed by atoms with Gasteiger partial charge in [0.25, 0.3) is 0 Å². The fraction of sp³-hybridized carbons (Fsp3) is 0.500. The van der Waals surface area contributed by atoms with Crippen molar-refractivity contribution in [3.8, 4) is 0 Å². The number of hydrogen-bond acceptors (Lipinski definition) is 8. The van der Waals surface area contributed by atoms with E-state index in [0.717, 1.165) is 38.2 Å². The molecule has 0 saturated carbocycles. The van der Waals surface area contributed by atoms with Gasteiger partial charge in [-0.3, -0.25) is 4.68 Å². The lowest BCUT2D eigenvalue weighted by atomic mass is 10.3. The molecule has 12 heteroatoms. The van der Waals surface area contributed by atoms with Crippen molar-refractivity contribution >= 4 is 28.6 Å². The number of nitrogens with one attached hydrogen (secondary N) is 2. The van der Waals surface area contributed by atoms with Crippen LogP contribution in [0.1, 0.15) is 12.0 Å². The molecule has 0 aliphatic carbocycles. The summed E-state index contributed by atoms with van der Waals surface area (Å²) in [6, 6.07) is 3.77. The van der Waals surface area contributed by atoms with E-state index in [0.29, 0.717) is 28.6 Å². The molecule has 9 nitrogen and oxygen atoms in total. The number of nitrogens with zero attached hydrogens (tertiary/aromatic N) is 6. The van der Waals surface area contributed by atoms with Gasteiger partial charge in [0, 0.05) is 25.8 Å². The highest BCUT2D eigenvalue weighted by Crippen LogP contribution is 2.26. The number of hydrogen-bond donors (Lipinski definition) is 2. The maximum absolute atomic E-state index is 12.4. The predicted octanol–water partition coefficient (Wildman–Crippen LogP) is 2.65. The summed E-state index contributed by atoms with van der Waals surface area (Å²) in [5.74, 6) is 1.66. The van der Waals surface area contributed by atoms with Crippen LogP contribution in [-0.2, 0) is 11.3 Å². The lowest BCUT2D eigenvalue weighted by Crippen LogP contribution is -2.29. The molecule has 0 unspecified atom stereocenters. The Morgan fingerprint density at radius 2 is 2.03 bits per heavy atom. The minimum Gasteiger partial charge on any atom is -0.370 e. The summed E-state index contributed by atoms with van der Waals surface area (Å²) in [6.45, 7) is 4.00. The van der Waals surface area contributed by atoms with Gasteiger partial charge in [-0.05, 0) is 31.5 Å². The highest BCUT2D eigenvalue weighted by Gasteiger charge is 2.27. The molecule has 172 valence electrons. The average molecular weight is 450 g/mol. The molecule has 1 saturated heterocycles. The molecule has 0 aromatic carbocycles. The van der Waals surface area contributed by atoms with Gasteiger partial charge in [0.05, 0.1) is 19.3 Å². The molecule has 0 spiro atoms. The van der Waals surface area contributed by atoms with Crippen LogP contribution in [0.4, 0.5) is 30.8 Å². The van der Waals surface area contributed by atoms with Crippen LogP contribution in [0.25, 0.3) is 11.0 Å². The Labute approximate surface area is 183 Å². The molecule has 2 N–H and O–H groups in total. The number of anilines is 3. The van der Waals surface area contributed by atoms with Gasteiger partial charge in [-0.25, -0.2) is 9.97 Å². The standard InChI is InChI=1S/C20H25F3N8O/c1-14-3-4-16(25-11-14)28-18-17-15(12-26-31(17)9-10-32-13-20(21,22)23)27-19(29-18)30-7-2-5-24-6-8-30/h3-4,11-12,24H,2,5-10,13H2,1H3,(H,25,27,28,29). The number of aromatic nitrogens is 5. The Balaban J connectivity index is 1.64. The highest BCUT2D eigenvalue weighted by molar-refractivity contribution is 5.88. The summed E-state index contributed by atoms with van der Waals surface area (Å²) in [5.41, 5.74) is 2.20. The molecule has 3 aromatic heterocycles. The van der Waals surface area contributed by atoms with Crippen LogP contribution < -0.4 is 15.5 Å². The Kier molecular flexibility index (Phi) is 6.70.